The van der Waals surface area contributed by atoms with Gasteiger partial charge < -0.3 is 51.1 Å². The number of rotatable bonds is 14. The predicted molar refractivity (Wildman–Crippen MR) is 147 cm³/mol. The minimum atomic E-state index is -1.08. The Hall–Kier alpha value is -4.64. The summed E-state index contributed by atoms with van der Waals surface area (Å²) in [6, 6.07) is 9.19. The Kier molecular flexibility index (Phi) is 21.6. The van der Waals surface area contributed by atoms with E-state index in [1.54, 1.807) is 24.3 Å². The summed E-state index contributed by atoms with van der Waals surface area (Å²) in [5.41, 5.74) is 0.223. The van der Waals surface area contributed by atoms with E-state index in [2.05, 4.69) is 0 Å². The molecule has 2 aromatic carbocycles. The number of carboxylic acid groups (broad SMARTS) is 6. The molecular formula is C27H36O16. The molecule has 0 aliphatic heterocycles. The topological polar surface area (TPSA) is 305 Å². The molecule has 2 aromatic rings. The Balaban J connectivity index is 0. The average molecular weight is 617 g/mol. The summed E-state index contributed by atoms with van der Waals surface area (Å²) in [6.07, 6.45) is -1.40. The zero-order valence-corrected chi connectivity index (χ0v) is 22.9. The van der Waals surface area contributed by atoms with E-state index in [1.165, 1.54) is 12.1 Å². The van der Waals surface area contributed by atoms with Crippen molar-refractivity contribution in [2.24, 2.45) is 0 Å². The molecule has 2 unspecified atom stereocenters. The van der Waals surface area contributed by atoms with Crippen molar-refractivity contribution in [3.63, 3.8) is 0 Å². The maximum Gasteiger partial charge on any atom is 0.336 e. The number of carboxylic acids is 6. The molecule has 0 aromatic heterocycles. The first-order valence-electron chi connectivity index (χ1n) is 12.5. The van der Waals surface area contributed by atoms with E-state index >= 15 is 0 Å². The number of fused-ring (bicyclic) bond motifs is 1. The molecule has 0 bridgehead atoms. The van der Waals surface area contributed by atoms with Crippen LogP contribution in [0.1, 0.15) is 65.7 Å². The van der Waals surface area contributed by atoms with Crippen LogP contribution < -0.4 is 0 Å². The number of carbonyl (C=O) groups is 6. The molecule has 0 aliphatic rings. The van der Waals surface area contributed by atoms with E-state index in [0.717, 1.165) is 0 Å². The van der Waals surface area contributed by atoms with Gasteiger partial charge in [-0.2, -0.15) is 0 Å². The third-order valence-corrected chi connectivity index (χ3v) is 4.93. The smallest absolute Gasteiger partial charge is 0.336 e. The Morgan fingerprint density at radius 1 is 0.512 bits per heavy atom. The Morgan fingerprint density at radius 2 is 0.814 bits per heavy atom. The molecule has 10 N–H and O–H groups in total. The van der Waals surface area contributed by atoms with Crippen molar-refractivity contribution >= 4 is 46.6 Å². The number of benzene rings is 2. The lowest BCUT2D eigenvalue weighted by atomic mass is 10.00. The van der Waals surface area contributed by atoms with Gasteiger partial charge in [0.1, 0.15) is 0 Å². The molecule has 2 rings (SSSR count). The van der Waals surface area contributed by atoms with E-state index in [4.69, 9.17) is 51.1 Å². The van der Waals surface area contributed by atoms with Crippen LogP contribution in [0.15, 0.2) is 36.4 Å². The van der Waals surface area contributed by atoms with Crippen LogP contribution in [0.5, 0.6) is 0 Å². The van der Waals surface area contributed by atoms with Gasteiger partial charge in [0, 0.05) is 19.3 Å². The molecule has 2 atom stereocenters. The summed E-state index contributed by atoms with van der Waals surface area (Å²) < 4.78 is 0. The first kappa shape index (κ1) is 40.5. The van der Waals surface area contributed by atoms with Gasteiger partial charge in [-0.15, -0.1) is 0 Å². The van der Waals surface area contributed by atoms with Crippen molar-refractivity contribution in [2.45, 2.75) is 57.2 Å². The van der Waals surface area contributed by atoms with Crippen molar-refractivity contribution in [2.75, 3.05) is 13.2 Å². The predicted octanol–water partition coefficient (Wildman–Crippen LogP) is 0.971. The van der Waals surface area contributed by atoms with Gasteiger partial charge in [0.15, 0.2) is 0 Å². The van der Waals surface area contributed by atoms with Crippen molar-refractivity contribution in [1.82, 2.24) is 0 Å². The van der Waals surface area contributed by atoms with Crippen LogP contribution in [0.3, 0.4) is 0 Å². The molecule has 0 heterocycles. The molecular weight excluding hydrogens is 580 g/mol. The lowest BCUT2D eigenvalue weighted by molar-refractivity contribution is -0.143. The molecule has 0 saturated heterocycles. The van der Waals surface area contributed by atoms with E-state index < -0.39 is 48.0 Å². The van der Waals surface area contributed by atoms with Gasteiger partial charge in [-0.05, 0) is 35.7 Å². The molecule has 0 radical (unpaired) electrons. The minimum Gasteiger partial charge on any atom is -0.481 e. The number of aliphatic hydroxyl groups excluding tert-OH is 4. The highest BCUT2D eigenvalue weighted by atomic mass is 16.4. The van der Waals surface area contributed by atoms with Gasteiger partial charge in [0.2, 0.25) is 0 Å². The lowest BCUT2D eigenvalue weighted by Gasteiger charge is -2.09. The van der Waals surface area contributed by atoms with Crippen molar-refractivity contribution < 1.29 is 79.8 Å². The highest BCUT2D eigenvalue weighted by Crippen LogP contribution is 2.23. The molecule has 0 saturated carbocycles. The first-order chi connectivity index (χ1) is 20.1. The molecule has 240 valence electrons. The summed E-state index contributed by atoms with van der Waals surface area (Å²) >= 11 is 0. The Morgan fingerprint density at radius 3 is 1.05 bits per heavy atom. The second-order valence-electron chi connectivity index (χ2n) is 8.51. The third kappa shape index (κ3) is 20.8. The molecule has 43 heavy (non-hydrogen) atoms. The monoisotopic (exact) mass is 616 g/mol. The quantitative estimate of drug-likeness (QED) is 0.132. The number of unbranched alkanes of at least 4 members (excludes halogenated alkanes) is 1. The highest BCUT2D eigenvalue weighted by molar-refractivity contribution is 6.10. The molecule has 16 heteroatoms. The highest BCUT2D eigenvalue weighted by Gasteiger charge is 2.14. The molecule has 0 fully saturated rings. The number of aromatic carboxylic acids is 2. The maximum absolute atomic E-state index is 10.9. The van der Waals surface area contributed by atoms with Crippen LogP contribution in [-0.2, 0) is 19.2 Å². The third-order valence-electron chi connectivity index (χ3n) is 4.93. The number of hydrogen-bond donors (Lipinski definition) is 10. The van der Waals surface area contributed by atoms with Gasteiger partial charge in [-0.25, -0.2) is 9.59 Å². The normalized spacial score (nSPS) is 11.2. The summed E-state index contributed by atoms with van der Waals surface area (Å²) in [5.74, 6) is -6.02. The average Bonchev–Trinajstić information content (AvgIpc) is 2.94. The second kappa shape index (κ2) is 23.0. The second-order valence-corrected chi connectivity index (χ2v) is 8.51. The fourth-order valence-electron chi connectivity index (χ4n) is 2.90. The molecule has 0 amide bonds. The number of aliphatic carboxylic acids is 4. The number of hydrogen-bond acceptors (Lipinski definition) is 10. The largest absolute Gasteiger partial charge is 0.481 e. The Labute approximate surface area is 244 Å². The summed E-state index contributed by atoms with van der Waals surface area (Å²) in [7, 11) is 0. The standard InChI is InChI=1S/C12H8O4.C6H10O4.C5H12O4.C4H6O4/c13-11(14)9-5-6-10(12(15)16)8-4-2-1-3-7(8)9;7-5(8)3-1-2-4-6(9)10;6-2-4(8)1-5(9)3-7;5-3(6)1-2-4(7)8/h1-6H,(H,13,14)(H,15,16);1-4H2,(H,7,8)(H,9,10);4-9H,1-3H2;1-2H2,(H,5,6)(H,7,8). The zero-order valence-electron chi connectivity index (χ0n) is 22.9. The summed E-state index contributed by atoms with van der Waals surface area (Å²) in [4.78, 5) is 61.0. The summed E-state index contributed by atoms with van der Waals surface area (Å²) in [5, 5.41) is 84.6. The number of aliphatic hydroxyl groups is 4. The minimum absolute atomic E-state index is 0.0208. The lowest BCUT2D eigenvalue weighted by Crippen LogP contribution is -2.23. The van der Waals surface area contributed by atoms with E-state index in [-0.39, 0.29) is 56.4 Å². The van der Waals surface area contributed by atoms with Crippen LogP contribution in [0, 0.1) is 0 Å². The van der Waals surface area contributed by atoms with Gasteiger partial charge in [-0.3, -0.25) is 19.2 Å². The summed E-state index contributed by atoms with van der Waals surface area (Å²) in [6.45, 7) is -0.756. The molecule has 0 aliphatic carbocycles. The van der Waals surface area contributed by atoms with Crippen LogP contribution in [0.25, 0.3) is 10.8 Å². The molecule has 0 spiro atoms. The van der Waals surface area contributed by atoms with E-state index in [9.17, 15) is 28.8 Å². The van der Waals surface area contributed by atoms with Crippen LogP contribution in [0.2, 0.25) is 0 Å². The molecule has 16 nitrogen and oxygen atoms in total. The van der Waals surface area contributed by atoms with Crippen molar-refractivity contribution in [1.29, 1.82) is 0 Å². The van der Waals surface area contributed by atoms with Crippen molar-refractivity contribution in [3.05, 3.63) is 47.5 Å². The van der Waals surface area contributed by atoms with E-state index in [1.807, 2.05) is 0 Å². The van der Waals surface area contributed by atoms with Gasteiger partial charge in [-0.1, -0.05) is 24.3 Å². The van der Waals surface area contributed by atoms with Crippen LogP contribution in [-0.4, -0.2) is 112 Å². The van der Waals surface area contributed by atoms with Crippen LogP contribution >= 0.6 is 0 Å². The Bertz CT molecular complexity index is 1100. The fraction of sp³-hybridized carbons (Fsp3) is 0.407. The first-order valence-corrected chi connectivity index (χ1v) is 12.5. The maximum atomic E-state index is 10.9. The fourth-order valence-corrected chi connectivity index (χ4v) is 2.90. The van der Waals surface area contributed by atoms with Crippen LogP contribution in [0.4, 0.5) is 0 Å². The van der Waals surface area contributed by atoms with Crippen molar-refractivity contribution in [3.8, 4) is 0 Å². The van der Waals surface area contributed by atoms with E-state index in [0.29, 0.717) is 23.6 Å². The van der Waals surface area contributed by atoms with Gasteiger partial charge in [0.05, 0.1) is 49.4 Å². The van der Waals surface area contributed by atoms with Gasteiger partial charge >= 0.3 is 35.8 Å². The zero-order chi connectivity index (χ0) is 33.5. The van der Waals surface area contributed by atoms with Gasteiger partial charge in [0.25, 0.3) is 0 Å². The SMILES string of the molecule is O=C(O)CCC(=O)O.O=C(O)CCCCC(=O)O.O=C(O)c1ccc(C(=O)O)c2ccccc12.OCC(O)CC(O)CO.